The first-order chi connectivity index (χ1) is 8.25. The van der Waals surface area contributed by atoms with Gasteiger partial charge in [0.05, 0.1) is 0 Å². The zero-order valence-electron chi connectivity index (χ0n) is 9.53. The molecule has 88 valence electrons. The highest BCUT2D eigenvalue weighted by Gasteiger charge is 2.18. The molecule has 1 aliphatic carbocycles. The van der Waals surface area contributed by atoms with Crippen molar-refractivity contribution in [3.63, 3.8) is 0 Å². The van der Waals surface area contributed by atoms with Crippen LogP contribution in [0.2, 0.25) is 5.02 Å². The van der Waals surface area contributed by atoms with Gasteiger partial charge in [0.25, 0.3) is 5.56 Å². The van der Waals surface area contributed by atoms with Crippen LogP contribution < -0.4 is 5.56 Å². The molecule has 2 nitrogen and oxygen atoms in total. The van der Waals surface area contributed by atoms with Crippen LogP contribution in [0.5, 0.6) is 0 Å². The zero-order chi connectivity index (χ0) is 11.8. The molecule has 0 bridgehead atoms. The maximum Gasteiger partial charge on any atom is 0.258 e. The Balaban J connectivity index is 2.21. The number of nitrogens with zero attached hydrogens (tertiary/aromatic N) is 1. The summed E-state index contributed by atoms with van der Waals surface area (Å²) < 4.78 is 1.88. The molecule has 0 atom stereocenters. The van der Waals surface area contributed by atoms with E-state index in [0.717, 1.165) is 23.6 Å². The topological polar surface area (TPSA) is 22.0 Å². The largest absolute Gasteiger partial charge is 0.312 e. The molecular weight excluding hydrogens is 234 g/mol. The lowest BCUT2D eigenvalue weighted by Gasteiger charge is -2.14. The van der Waals surface area contributed by atoms with Crippen LogP contribution in [-0.4, -0.2) is 4.57 Å². The van der Waals surface area contributed by atoms with E-state index in [0.29, 0.717) is 11.1 Å². The Kier molecular flexibility index (Phi) is 2.67. The summed E-state index contributed by atoms with van der Waals surface area (Å²) in [5.41, 5.74) is 0.0944. The lowest BCUT2D eigenvalue weighted by atomic mass is 10.1. The normalized spacial score (nSPS) is 16.8. The number of hydrogen-bond donors (Lipinski definition) is 0. The van der Waals surface area contributed by atoms with Gasteiger partial charge in [0.1, 0.15) is 0 Å². The third-order valence-corrected chi connectivity index (χ3v) is 3.85. The number of hydrogen-bond acceptors (Lipinski definition) is 1. The summed E-state index contributed by atoms with van der Waals surface area (Å²) in [5, 5.41) is 2.32. The minimum Gasteiger partial charge on any atom is -0.312 e. The van der Waals surface area contributed by atoms with Crippen LogP contribution in [-0.2, 0) is 0 Å². The maximum atomic E-state index is 12.4. The van der Waals surface area contributed by atoms with Crippen molar-refractivity contribution in [1.29, 1.82) is 0 Å². The first-order valence-corrected chi connectivity index (χ1v) is 6.44. The Labute approximate surface area is 105 Å². The Morgan fingerprint density at radius 2 is 1.94 bits per heavy atom. The van der Waals surface area contributed by atoms with Crippen molar-refractivity contribution in [3.05, 3.63) is 45.8 Å². The molecule has 1 saturated carbocycles. The molecule has 17 heavy (non-hydrogen) atoms. The molecule has 1 heterocycles. The molecule has 1 aliphatic rings. The molecule has 0 saturated heterocycles. The summed E-state index contributed by atoms with van der Waals surface area (Å²) in [7, 11) is 0. The molecule has 3 rings (SSSR count). The summed E-state index contributed by atoms with van der Waals surface area (Å²) in [6.45, 7) is 0. The van der Waals surface area contributed by atoms with Crippen molar-refractivity contribution in [2.24, 2.45) is 0 Å². The van der Waals surface area contributed by atoms with Crippen LogP contribution in [0.3, 0.4) is 0 Å². The third kappa shape index (κ3) is 1.87. The van der Waals surface area contributed by atoms with Crippen molar-refractivity contribution >= 4 is 22.4 Å². The maximum absolute atomic E-state index is 12.4. The predicted molar refractivity (Wildman–Crippen MR) is 70.7 cm³/mol. The molecule has 0 N–H and O–H groups in total. The van der Waals surface area contributed by atoms with E-state index in [1.807, 2.05) is 29.0 Å². The van der Waals surface area contributed by atoms with Gasteiger partial charge < -0.3 is 4.57 Å². The first-order valence-electron chi connectivity index (χ1n) is 6.06. The van der Waals surface area contributed by atoms with Gasteiger partial charge in [-0.2, -0.15) is 0 Å². The number of rotatable bonds is 1. The molecule has 0 aliphatic heterocycles. The molecule has 1 fully saturated rings. The van der Waals surface area contributed by atoms with Gasteiger partial charge in [0.2, 0.25) is 0 Å². The van der Waals surface area contributed by atoms with Crippen molar-refractivity contribution in [1.82, 2.24) is 4.57 Å². The second-order valence-corrected chi connectivity index (χ2v) is 5.13. The summed E-state index contributed by atoms with van der Waals surface area (Å²) in [4.78, 5) is 12.4. The van der Waals surface area contributed by atoms with E-state index in [1.165, 1.54) is 12.8 Å². The minimum absolute atomic E-state index is 0.0944. The van der Waals surface area contributed by atoms with Gasteiger partial charge in [-0.3, -0.25) is 4.79 Å². The highest BCUT2D eigenvalue weighted by atomic mass is 35.5. The summed E-state index contributed by atoms with van der Waals surface area (Å²) in [5.74, 6) is 0. The molecule has 3 heteroatoms. The fraction of sp³-hybridized carbons (Fsp3) is 0.357. The van der Waals surface area contributed by atoms with Gasteiger partial charge in [-0.1, -0.05) is 30.5 Å². The van der Waals surface area contributed by atoms with Crippen LogP contribution in [0.25, 0.3) is 10.8 Å². The highest BCUT2D eigenvalue weighted by molar-refractivity contribution is 6.31. The molecule has 0 unspecified atom stereocenters. The molecule has 0 radical (unpaired) electrons. The Morgan fingerprint density at radius 3 is 2.71 bits per heavy atom. The monoisotopic (exact) mass is 247 g/mol. The van der Waals surface area contributed by atoms with E-state index >= 15 is 0 Å². The van der Waals surface area contributed by atoms with Crippen LogP contribution in [0.4, 0.5) is 0 Å². The standard InChI is InChI=1S/C14H14ClNO/c15-11-6-5-10-7-8-16(12-3-1-2-4-12)14(17)13(10)9-11/h5-9,12H,1-4H2. The summed E-state index contributed by atoms with van der Waals surface area (Å²) >= 11 is 5.95. The van der Waals surface area contributed by atoms with E-state index in [-0.39, 0.29) is 5.56 Å². The SMILES string of the molecule is O=c1c2cc(Cl)ccc2ccn1C1CCCC1. The Morgan fingerprint density at radius 1 is 1.18 bits per heavy atom. The van der Waals surface area contributed by atoms with Crippen LogP contribution in [0.15, 0.2) is 35.3 Å². The van der Waals surface area contributed by atoms with E-state index in [1.54, 1.807) is 6.07 Å². The van der Waals surface area contributed by atoms with Gasteiger partial charge >= 0.3 is 0 Å². The Bertz CT molecular complexity index is 611. The number of halogens is 1. The van der Waals surface area contributed by atoms with E-state index < -0.39 is 0 Å². The Hall–Kier alpha value is -1.28. The van der Waals surface area contributed by atoms with Crippen molar-refractivity contribution in [3.8, 4) is 0 Å². The van der Waals surface area contributed by atoms with Crippen molar-refractivity contribution in [2.45, 2.75) is 31.7 Å². The number of pyridine rings is 1. The molecule has 1 aromatic carbocycles. The number of aromatic nitrogens is 1. The average Bonchev–Trinajstić information content (AvgIpc) is 2.84. The van der Waals surface area contributed by atoms with Crippen molar-refractivity contribution in [2.75, 3.05) is 0 Å². The number of benzene rings is 1. The smallest absolute Gasteiger partial charge is 0.258 e. The third-order valence-electron chi connectivity index (χ3n) is 3.61. The average molecular weight is 248 g/mol. The molecule has 1 aromatic heterocycles. The predicted octanol–water partition coefficient (Wildman–Crippen LogP) is 3.77. The van der Waals surface area contributed by atoms with Gasteiger partial charge in [-0.15, -0.1) is 0 Å². The summed E-state index contributed by atoms with van der Waals surface area (Å²) in [6, 6.07) is 7.88. The highest BCUT2D eigenvalue weighted by Crippen LogP contribution is 2.28. The second-order valence-electron chi connectivity index (χ2n) is 4.70. The second kappa shape index (κ2) is 4.19. The fourth-order valence-electron chi connectivity index (χ4n) is 2.70. The van der Waals surface area contributed by atoms with Gasteiger partial charge in [0.15, 0.2) is 0 Å². The zero-order valence-corrected chi connectivity index (χ0v) is 10.3. The number of fused-ring (bicyclic) bond motifs is 1. The molecule has 2 aromatic rings. The van der Waals surface area contributed by atoms with E-state index in [9.17, 15) is 4.79 Å². The van der Waals surface area contributed by atoms with E-state index in [4.69, 9.17) is 11.6 Å². The van der Waals surface area contributed by atoms with Gasteiger partial charge in [-0.25, -0.2) is 0 Å². The molecule has 0 spiro atoms. The molecule has 0 amide bonds. The van der Waals surface area contributed by atoms with Crippen LogP contribution in [0.1, 0.15) is 31.7 Å². The van der Waals surface area contributed by atoms with Crippen LogP contribution >= 0.6 is 11.6 Å². The van der Waals surface area contributed by atoms with Gasteiger partial charge in [-0.05, 0) is 36.4 Å². The lowest BCUT2D eigenvalue weighted by Crippen LogP contribution is -2.22. The van der Waals surface area contributed by atoms with Crippen molar-refractivity contribution < 1.29 is 0 Å². The van der Waals surface area contributed by atoms with Crippen LogP contribution in [0, 0.1) is 0 Å². The van der Waals surface area contributed by atoms with E-state index in [2.05, 4.69) is 0 Å². The van der Waals surface area contributed by atoms with Gasteiger partial charge in [0, 0.05) is 22.6 Å². The lowest BCUT2D eigenvalue weighted by molar-refractivity contribution is 0.505. The fourth-order valence-corrected chi connectivity index (χ4v) is 2.87. The summed E-state index contributed by atoms with van der Waals surface area (Å²) in [6.07, 6.45) is 6.61. The first kappa shape index (κ1) is 10.8. The minimum atomic E-state index is 0.0944. The quantitative estimate of drug-likeness (QED) is 0.752. The molecular formula is C14H14ClNO.